The molecule has 0 heterocycles. The summed E-state index contributed by atoms with van der Waals surface area (Å²) in [6.45, 7) is 0. The van der Waals surface area contributed by atoms with Crippen molar-refractivity contribution in [2.75, 3.05) is 0 Å². The van der Waals surface area contributed by atoms with Crippen LogP contribution in [0.15, 0.2) is 24.3 Å². The molecule has 0 atom stereocenters. The Kier molecular flexibility index (Phi) is 1.58. The fourth-order valence-corrected chi connectivity index (χ4v) is 0.518. The zero-order valence-electron chi connectivity index (χ0n) is 4.60. The molecule has 1 rings (SSSR count). The Morgan fingerprint density at radius 1 is 1.22 bits per heavy atom. The van der Waals surface area contributed by atoms with Gasteiger partial charge in [0.05, 0.1) is 12.1 Å². The van der Waals surface area contributed by atoms with Gasteiger partial charge in [0, 0.05) is 0 Å². The Labute approximate surface area is 52.1 Å². The van der Waals surface area contributed by atoms with Crippen molar-refractivity contribution in [3.05, 3.63) is 35.6 Å². The molecule has 2 heteroatoms. The van der Waals surface area contributed by atoms with Crippen LogP contribution in [0.25, 0.3) is 0 Å². The van der Waals surface area contributed by atoms with Gasteiger partial charge in [-0.2, -0.15) is 17.7 Å². The molecule has 0 amide bonds. The second-order valence-corrected chi connectivity index (χ2v) is 1.61. The topological polar surface area (TPSA) is 17.1 Å². The second-order valence-electron chi connectivity index (χ2n) is 1.61. The van der Waals surface area contributed by atoms with E-state index in [1.54, 1.807) is 6.29 Å². The average Bonchev–Trinajstić information content (AvgIpc) is 1.90. The van der Waals surface area contributed by atoms with Gasteiger partial charge in [-0.25, -0.2) is 4.39 Å². The first-order valence-corrected chi connectivity index (χ1v) is 2.46. The maximum atomic E-state index is 12.1. The third-order valence-electron chi connectivity index (χ3n) is 0.962. The lowest BCUT2D eigenvalue weighted by atomic mass is 10.2. The van der Waals surface area contributed by atoms with Crippen LogP contribution in [0.2, 0.25) is 0 Å². The average molecular weight is 123 g/mol. The van der Waals surface area contributed by atoms with E-state index in [2.05, 4.69) is 0 Å². The monoisotopic (exact) mass is 123 g/mol. The quantitative estimate of drug-likeness (QED) is 0.514. The molecule has 9 heavy (non-hydrogen) atoms. The number of benzene rings is 1. The lowest BCUT2D eigenvalue weighted by molar-refractivity contribution is 0.562. The highest BCUT2D eigenvalue weighted by atomic mass is 19.1. The van der Waals surface area contributed by atoms with E-state index >= 15 is 0 Å². The summed E-state index contributed by atoms with van der Waals surface area (Å²) in [5.74, 6) is -0.339. The van der Waals surface area contributed by atoms with E-state index in [1.807, 2.05) is 0 Å². The molecular formula is C7H4FO-. The minimum Gasteiger partial charge on any atom is -0.376 e. The molecule has 46 valence electrons. The van der Waals surface area contributed by atoms with Crippen LogP contribution in [0.5, 0.6) is 0 Å². The first kappa shape index (κ1) is 5.95. The minimum absolute atomic E-state index is 0.339. The summed E-state index contributed by atoms with van der Waals surface area (Å²) in [7, 11) is 0. The third-order valence-corrected chi connectivity index (χ3v) is 0.962. The van der Waals surface area contributed by atoms with Gasteiger partial charge in [-0.15, -0.1) is 0 Å². The molecule has 1 nitrogen and oxygen atoms in total. The lowest BCUT2D eigenvalue weighted by Crippen LogP contribution is -1.78. The van der Waals surface area contributed by atoms with Crippen molar-refractivity contribution >= 4 is 6.29 Å². The molecule has 1 aromatic carbocycles. The van der Waals surface area contributed by atoms with Gasteiger partial charge in [0.1, 0.15) is 0 Å². The molecule has 0 bridgehead atoms. The molecular weight excluding hydrogens is 119 g/mol. The van der Waals surface area contributed by atoms with Crippen LogP contribution < -0.4 is 0 Å². The molecule has 1 aromatic rings. The normalized spacial score (nSPS) is 9.00. The summed E-state index contributed by atoms with van der Waals surface area (Å²) in [6.07, 6.45) is 1.64. The second kappa shape index (κ2) is 2.40. The molecule has 0 aliphatic rings. The van der Waals surface area contributed by atoms with E-state index in [-0.39, 0.29) is 5.82 Å². The molecule has 0 radical (unpaired) electrons. The van der Waals surface area contributed by atoms with Crippen LogP contribution in [0, 0.1) is 5.82 Å². The Hall–Kier alpha value is -1.18. The van der Waals surface area contributed by atoms with Crippen molar-refractivity contribution in [1.29, 1.82) is 0 Å². The summed E-state index contributed by atoms with van der Waals surface area (Å²) in [4.78, 5) is 9.87. The maximum absolute atomic E-state index is 12.1. The van der Waals surface area contributed by atoms with Crippen LogP contribution in [0.4, 0.5) is 4.39 Å². The van der Waals surface area contributed by atoms with Gasteiger partial charge >= 0.3 is 0 Å². The molecule has 0 spiro atoms. The van der Waals surface area contributed by atoms with E-state index in [4.69, 9.17) is 0 Å². The number of halogens is 1. The SMILES string of the molecule is O=[C-]c1ccc(F)cc1. The molecule has 0 fully saturated rings. The summed E-state index contributed by atoms with van der Waals surface area (Å²) < 4.78 is 12.1. The molecule has 0 aliphatic heterocycles. The van der Waals surface area contributed by atoms with E-state index < -0.39 is 0 Å². The van der Waals surface area contributed by atoms with Crippen molar-refractivity contribution < 1.29 is 9.18 Å². The Morgan fingerprint density at radius 2 is 1.78 bits per heavy atom. The molecule has 0 unspecified atom stereocenters. The first-order valence-electron chi connectivity index (χ1n) is 2.46. The Balaban J connectivity index is 3.01. The summed E-state index contributed by atoms with van der Waals surface area (Å²) in [5, 5.41) is 0. The van der Waals surface area contributed by atoms with Gasteiger partial charge in [0.25, 0.3) is 0 Å². The van der Waals surface area contributed by atoms with Crippen LogP contribution in [0.3, 0.4) is 0 Å². The predicted octanol–water partition coefficient (Wildman–Crippen LogP) is 1.28. The van der Waals surface area contributed by atoms with Crippen LogP contribution >= 0.6 is 0 Å². The fraction of sp³-hybridized carbons (Fsp3) is 0. The van der Waals surface area contributed by atoms with E-state index in [1.165, 1.54) is 24.3 Å². The summed E-state index contributed by atoms with van der Waals surface area (Å²) >= 11 is 0. The van der Waals surface area contributed by atoms with Gasteiger partial charge < -0.3 is 4.79 Å². The maximum Gasteiger partial charge on any atom is 0.0987 e. The number of hydrogen-bond donors (Lipinski definition) is 0. The van der Waals surface area contributed by atoms with Gasteiger partial charge in [0.2, 0.25) is 0 Å². The van der Waals surface area contributed by atoms with Crippen LogP contribution in [-0.2, 0) is 4.79 Å². The third kappa shape index (κ3) is 1.35. The van der Waals surface area contributed by atoms with Gasteiger partial charge in [0.15, 0.2) is 0 Å². The summed E-state index contributed by atoms with van der Waals surface area (Å²) in [6, 6.07) is 5.20. The number of carbonyl (C=O) groups excluding carboxylic acids is 1. The van der Waals surface area contributed by atoms with Crippen LogP contribution in [0.1, 0.15) is 5.56 Å². The Morgan fingerprint density at radius 3 is 2.22 bits per heavy atom. The van der Waals surface area contributed by atoms with Crippen molar-refractivity contribution in [1.82, 2.24) is 0 Å². The highest BCUT2D eigenvalue weighted by molar-refractivity contribution is 5.74. The highest BCUT2D eigenvalue weighted by Crippen LogP contribution is 1.98. The van der Waals surface area contributed by atoms with E-state index in [0.29, 0.717) is 5.56 Å². The first-order chi connectivity index (χ1) is 4.33. The standard InChI is InChI=1S/C7H4FO/c8-7-3-1-6(5-9)2-4-7/h1-4H/q-1. The van der Waals surface area contributed by atoms with Crippen molar-refractivity contribution in [2.45, 2.75) is 0 Å². The minimum atomic E-state index is -0.339. The molecule has 0 aliphatic carbocycles. The zero-order valence-corrected chi connectivity index (χ0v) is 4.60. The van der Waals surface area contributed by atoms with Crippen molar-refractivity contribution in [2.24, 2.45) is 0 Å². The molecule has 0 saturated carbocycles. The van der Waals surface area contributed by atoms with Gasteiger partial charge in [-0.3, -0.25) is 0 Å². The number of rotatable bonds is 1. The lowest BCUT2D eigenvalue weighted by Gasteiger charge is -1.95. The van der Waals surface area contributed by atoms with E-state index in [9.17, 15) is 9.18 Å². The molecule has 0 N–H and O–H groups in total. The largest absolute Gasteiger partial charge is 0.376 e. The zero-order chi connectivity index (χ0) is 6.69. The number of hydrogen-bond acceptors (Lipinski definition) is 1. The smallest absolute Gasteiger partial charge is 0.0987 e. The summed E-state index contributed by atoms with van der Waals surface area (Å²) in [5.41, 5.74) is 0.372. The van der Waals surface area contributed by atoms with E-state index in [0.717, 1.165) is 0 Å². The van der Waals surface area contributed by atoms with Crippen molar-refractivity contribution in [3.63, 3.8) is 0 Å². The van der Waals surface area contributed by atoms with Crippen LogP contribution in [-0.4, -0.2) is 6.29 Å². The Bertz CT molecular complexity index is 203. The fourth-order valence-electron chi connectivity index (χ4n) is 0.518. The molecule has 0 saturated heterocycles. The predicted molar refractivity (Wildman–Crippen MR) is 31.2 cm³/mol. The molecule has 0 aromatic heterocycles. The van der Waals surface area contributed by atoms with Crippen molar-refractivity contribution in [3.8, 4) is 0 Å². The van der Waals surface area contributed by atoms with Gasteiger partial charge in [-0.05, 0) is 0 Å². The highest BCUT2D eigenvalue weighted by Gasteiger charge is 1.79. The van der Waals surface area contributed by atoms with Gasteiger partial charge in [-0.1, -0.05) is 12.1 Å².